The van der Waals surface area contributed by atoms with Gasteiger partial charge in [-0.15, -0.1) is 0 Å². The maximum Gasteiger partial charge on any atom is 0.299 e. The molecular weight excluding hydrogens is 264 g/mol. The Morgan fingerprint density at radius 3 is 2.59 bits per heavy atom. The molecule has 0 saturated heterocycles. The van der Waals surface area contributed by atoms with E-state index < -0.39 is 10.2 Å². The van der Waals surface area contributed by atoms with Crippen LogP contribution in [0.5, 0.6) is 5.75 Å². The summed E-state index contributed by atoms with van der Waals surface area (Å²) in [6.07, 6.45) is 0. The highest BCUT2D eigenvalue weighted by Crippen LogP contribution is 2.26. The average Bonchev–Trinajstić information content (AvgIpc) is 2.21. The molecule has 0 spiro atoms. The summed E-state index contributed by atoms with van der Waals surface area (Å²) in [6.45, 7) is 4.15. The third kappa shape index (κ3) is 4.80. The summed E-state index contributed by atoms with van der Waals surface area (Å²) in [5.41, 5.74) is 0.295. The molecule has 3 N–H and O–H groups in total. The second-order valence-corrected chi connectivity index (χ2v) is 5.92. The Morgan fingerprint density at radius 1 is 1.41 bits per heavy atom. The number of phenols is 1. The molecule has 5 nitrogen and oxygen atoms in total. The lowest BCUT2D eigenvalue weighted by Crippen LogP contribution is -2.32. The molecule has 0 aromatic heterocycles. The number of nitrogens with one attached hydrogen (secondary N) is 2. The third-order valence-electron chi connectivity index (χ3n) is 1.88. The van der Waals surface area contributed by atoms with Gasteiger partial charge in [0.1, 0.15) is 5.75 Å². The second kappa shape index (κ2) is 5.57. The maximum absolute atomic E-state index is 11.6. The van der Waals surface area contributed by atoms with Crippen LogP contribution in [0.1, 0.15) is 13.8 Å². The highest BCUT2D eigenvalue weighted by atomic mass is 35.5. The number of phenolic OH excluding ortho intramolecular Hbond substituents is 1. The maximum atomic E-state index is 11.6. The zero-order valence-corrected chi connectivity index (χ0v) is 11.1. The van der Waals surface area contributed by atoms with Crippen LogP contribution in [0.25, 0.3) is 0 Å². The largest absolute Gasteiger partial charge is 0.506 e. The summed E-state index contributed by atoms with van der Waals surface area (Å²) < 4.78 is 27.8. The molecule has 0 radical (unpaired) electrons. The molecule has 0 unspecified atom stereocenters. The molecule has 7 heteroatoms. The molecule has 17 heavy (non-hydrogen) atoms. The molecule has 0 atom stereocenters. The van der Waals surface area contributed by atoms with Crippen LogP contribution in [-0.4, -0.2) is 20.1 Å². The first kappa shape index (κ1) is 14.1. The highest BCUT2D eigenvalue weighted by molar-refractivity contribution is 7.90. The van der Waals surface area contributed by atoms with Crippen molar-refractivity contribution in [1.82, 2.24) is 4.72 Å². The molecule has 0 fully saturated rings. The standard InChI is InChI=1S/C10H15ClN2O3S/c1-7(2)6-12-17(15,16)13-8-3-4-10(14)9(11)5-8/h3-5,7,12-14H,6H2,1-2H3. The van der Waals surface area contributed by atoms with E-state index in [4.69, 9.17) is 11.6 Å². The van der Waals surface area contributed by atoms with Crippen LogP contribution >= 0.6 is 11.6 Å². The summed E-state index contributed by atoms with van der Waals surface area (Å²) in [6, 6.07) is 4.09. The topological polar surface area (TPSA) is 78.4 Å². The number of hydrogen-bond donors (Lipinski definition) is 3. The van der Waals surface area contributed by atoms with Gasteiger partial charge in [-0.25, -0.2) is 0 Å². The summed E-state index contributed by atoms with van der Waals surface area (Å²) in [5.74, 6) is 0.125. The van der Waals surface area contributed by atoms with Crippen LogP contribution in [0.4, 0.5) is 5.69 Å². The number of benzene rings is 1. The van der Waals surface area contributed by atoms with E-state index in [1.54, 1.807) is 0 Å². The molecule has 1 rings (SSSR count). The predicted molar refractivity (Wildman–Crippen MR) is 68.5 cm³/mol. The number of hydrogen-bond acceptors (Lipinski definition) is 3. The van der Waals surface area contributed by atoms with Crippen LogP contribution in [0.2, 0.25) is 5.02 Å². The van der Waals surface area contributed by atoms with Gasteiger partial charge in [0.25, 0.3) is 10.2 Å². The molecule has 0 heterocycles. The van der Waals surface area contributed by atoms with Crippen LogP contribution in [0, 0.1) is 5.92 Å². The fourth-order valence-electron chi connectivity index (χ4n) is 1.04. The van der Waals surface area contributed by atoms with Crippen molar-refractivity contribution in [2.75, 3.05) is 11.3 Å². The lowest BCUT2D eigenvalue weighted by molar-refractivity contribution is 0.475. The number of rotatable bonds is 5. The first-order valence-electron chi connectivity index (χ1n) is 5.06. The van der Waals surface area contributed by atoms with E-state index in [0.717, 1.165) is 0 Å². The van der Waals surface area contributed by atoms with Crippen molar-refractivity contribution in [3.8, 4) is 5.75 Å². The van der Waals surface area contributed by atoms with E-state index in [1.165, 1.54) is 18.2 Å². The SMILES string of the molecule is CC(C)CNS(=O)(=O)Nc1ccc(O)c(Cl)c1. The number of aromatic hydroxyl groups is 1. The van der Waals surface area contributed by atoms with Gasteiger partial charge in [-0.3, -0.25) is 4.72 Å². The molecule has 0 saturated carbocycles. The van der Waals surface area contributed by atoms with Crippen molar-refractivity contribution in [1.29, 1.82) is 0 Å². The average molecular weight is 279 g/mol. The lowest BCUT2D eigenvalue weighted by Gasteiger charge is -2.11. The van der Waals surface area contributed by atoms with Crippen molar-refractivity contribution in [2.45, 2.75) is 13.8 Å². The Labute approximate surface area is 106 Å². The zero-order valence-electron chi connectivity index (χ0n) is 9.57. The minimum Gasteiger partial charge on any atom is -0.506 e. The van der Waals surface area contributed by atoms with E-state index >= 15 is 0 Å². The Bertz CT molecular complexity index is 488. The van der Waals surface area contributed by atoms with E-state index in [2.05, 4.69) is 9.44 Å². The van der Waals surface area contributed by atoms with Crippen LogP contribution in [0.15, 0.2) is 18.2 Å². The zero-order chi connectivity index (χ0) is 13.1. The molecule has 1 aromatic rings. The van der Waals surface area contributed by atoms with E-state index in [-0.39, 0.29) is 16.7 Å². The molecule has 0 bridgehead atoms. The van der Waals surface area contributed by atoms with Crippen LogP contribution in [-0.2, 0) is 10.2 Å². The van der Waals surface area contributed by atoms with Gasteiger partial charge in [0, 0.05) is 6.54 Å². The number of halogens is 1. The quantitative estimate of drug-likeness (QED) is 0.720. The third-order valence-corrected chi connectivity index (χ3v) is 3.24. The van der Waals surface area contributed by atoms with Gasteiger partial charge in [-0.2, -0.15) is 13.1 Å². The van der Waals surface area contributed by atoms with Gasteiger partial charge in [-0.05, 0) is 24.1 Å². The second-order valence-electron chi connectivity index (χ2n) is 4.01. The van der Waals surface area contributed by atoms with Crippen molar-refractivity contribution < 1.29 is 13.5 Å². The summed E-state index contributed by atoms with van der Waals surface area (Å²) >= 11 is 5.66. The number of anilines is 1. The van der Waals surface area contributed by atoms with Crippen molar-refractivity contribution in [2.24, 2.45) is 5.92 Å². The minimum atomic E-state index is -3.60. The van der Waals surface area contributed by atoms with E-state index in [1.807, 2.05) is 13.8 Å². The Kier molecular flexibility index (Phi) is 4.62. The Morgan fingerprint density at radius 2 is 2.06 bits per heavy atom. The normalized spacial score (nSPS) is 11.8. The molecule has 0 aliphatic rings. The van der Waals surface area contributed by atoms with Crippen LogP contribution < -0.4 is 9.44 Å². The van der Waals surface area contributed by atoms with Crippen LogP contribution in [0.3, 0.4) is 0 Å². The fraction of sp³-hybridized carbons (Fsp3) is 0.400. The minimum absolute atomic E-state index is 0.0917. The molecule has 1 aromatic carbocycles. The van der Waals surface area contributed by atoms with Crippen molar-refractivity contribution in [3.63, 3.8) is 0 Å². The molecule has 0 amide bonds. The van der Waals surface area contributed by atoms with E-state index in [9.17, 15) is 13.5 Å². The summed E-state index contributed by atoms with van der Waals surface area (Å²) in [7, 11) is -3.60. The monoisotopic (exact) mass is 278 g/mol. The first-order chi connectivity index (χ1) is 7.80. The predicted octanol–water partition coefficient (Wildman–Crippen LogP) is 1.95. The first-order valence-corrected chi connectivity index (χ1v) is 6.92. The van der Waals surface area contributed by atoms with Gasteiger partial charge in [0.2, 0.25) is 0 Å². The lowest BCUT2D eigenvalue weighted by atomic mass is 10.2. The summed E-state index contributed by atoms with van der Waals surface area (Å²) in [4.78, 5) is 0. The highest BCUT2D eigenvalue weighted by Gasteiger charge is 2.11. The smallest absolute Gasteiger partial charge is 0.299 e. The fourth-order valence-corrected chi connectivity index (χ4v) is 2.28. The van der Waals surface area contributed by atoms with Gasteiger partial charge in [-0.1, -0.05) is 25.4 Å². The summed E-state index contributed by atoms with van der Waals surface area (Å²) in [5, 5.41) is 9.29. The van der Waals surface area contributed by atoms with Gasteiger partial charge < -0.3 is 5.11 Å². The van der Waals surface area contributed by atoms with E-state index in [0.29, 0.717) is 12.2 Å². The van der Waals surface area contributed by atoms with Crippen molar-refractivity contribution >= 4 is 27.5 Å². The molecular formula is C10H15ClN2O3S. The van der Waals surface area contributed by atoms with Gasteiger partial charge in [0.15, 0.2) is 0 Å². The Balaban J connectivity index is 2.73. The Hall–Kier alpha value is -0.980. The molecule has 0 aliphatic heterocycles. The molecule has 0 aliphatic carbocycles. The van der Waals surface area contributed by atoms with Crippen molar-refractivity contribution in [3.05, 3.63) is 23.2 Å². The molecule has 96 valence electrons. The van der Waals surface area contributed by atoms with Gasteiger partial charge in [0.05, 0.1) is 10.7 Å². The van der Waals surface area contributed by atoms with Gasteiger partial charge >= 0.3 is 0 Å².